The van der Waals surface area contributed by atoms with Crippen LogP contribution in [-0.2, 0) is 6.54 Å². The Morgan fingerprint density at radius 1 is 0.933 bits per heavy atom. The first-order chi connectivity index (χ1) is 14.7. The molecule has 5 aromatic rings. The number of nitrogens with one attached hydrogen (secondary N) is 1. The van der Waals surface area contributed by atoms with E-state index in [0.29, 0.717) is 0 Å². The molecular formula is C23H21N7. The molecule has 5 rings (SSSR count). The summed E-state index contributed by atoms with van der Waals surface area (Å²) in [6.45, 7) is 0.745. The summed E-state index contributed by atoms with van der Waals surface area (Å²) in [5.74, 6) is 1.61. The predicted octanol–water partition coefficient (Wildman–Crippen LogP) is 4.23. The zero-order chi connectivity index (χ0) is 20.5. The lowest BCUT2D eigenvalue weighted by Crippen LogP contribution is -2.10. The molecule has 0 aliphatic carbocycles. The molecule has 3 heterocycles. The zero-order valence-corrected chi connectivity index (χ0v) is 16.8. The molecule has 0 saturated carbocycles. The van der Waals surface area contributed by atoms with E-state index in [1.165, 1.54) is 5.56 Å². The number of aromatic nitrogens is 5. The van der Waals surface area contributed by atoms with Gasteiger partial charge in [-0.25, -0.2) is 15.0 Å². The Labute approximate surface area is 174 Å². The van der Waals surface area contributed by atoms with Gasteiger partial charge in [0.2, 0.25) is 0 Å². The minimum absolute atomic E-state index is 0.745. The Bertz CT molecular complexity index is 1330. The van der Waals surface area contributed by atoms with Gasteiger partial charge in [-0.15, -0.1) is 0 Å². The van der Waals surface area contributed by atoms with Crippen LogP contribution in [0.1, 0.15) is 5.56 Å². The number of fused-ring (bicyclic) bond motifs is 2. The van der Waals surface area contributed by atoms with Gasteiger partial charge in [-0.2, -0.15) is 5.10 Å². The smallest absolute Gasteiger partial charge is 0.141 e. The fourth-order valence-electron chi connectivity index (χ4n) is 3.43. The molecule has 0 saturated heterocycles. The molecule has 0 aliphatic rings. The second-order valence-electron chi connectivity index (χ2n) is 7.39. The average molecular weight is 395 g/mol. The molecule has 7 heteroatoms. The van der Waals surface area contributed by atoms with Crippen molar-refractivity contribution in [2.75, 3.05) is 24.3 Å². The van der Waals surface area contributed by atoms with E-state index in [-0.39, 0.29) is 0 Å². The summed E-state index contributed by atoms with van der Waals surface area (Å²) in [5, 5.41) is 10.1. The minimum Gasteiger partial charge on any atom is -0.363 e. The first-order valence-electron chi connectivity index (χ1n) is 9.72. The van der Waals surface area contributed by atoms with Gasteiger partial charge < -0.3 is 10.2 Å². The molecule has 0 spiro atoms. The maximum Gasteiger partial charge on any atom is 0.141 e. The summed E-state index contributed by atoms with van der Waals surface area (Å²) in [7, 11) is 3.93. The topological polar surface area (TPSA) is 71.8 Å². The number of rotatable bonds is 5. The van der Waals surface area contributed by atoms with Crippen molar-refractivity contribution in [1.82, 2.24) is 24.7 Å². The van der Waals surface area contributed by atoms with Gasteiger partial charge in [0.25, 0.3) is 0 Å². The molecule has 3 aromatic heterocycles. The van der Waals surface area contributed by atoms with E-state index in [4.69, 9.17) is 0 Å². The van der Waals surface area contributed by atoms with Crippen LogP contribution in [0.5, 0.6) is 0 Å². The van der Waals surface area contributed by atoms with Gasteiger partial charge in [0.15, 0.2) is 0 Å². The van der Waals surface area contributed by atoms with Crippen molar-refractivity contribution in [3.63, 3.8) is 0 Å². The largest absolute Gasteiger partial charge is 0.363 e. The Hall–Kier alpha value is -4.00. The summed E-state index contributed by atoms with van der Waals surface area (Å²) < 4.78 is 1.97. The molecule has 148 valence electrons. The summed E-state index contributed by atoms with van der Waals surface area (Å²) in [5.41, 5.74) is 3.93. The first kappa shape index (κ1) is 18.1. The third kappa shape index (κ3) is 3.53. The van der Waals surface area contributed by atoms with Gasteiger partial charge in [0.05, 0.1) is 23.8 Å². The van der Waals surface area contributed by atoms with Crippen LogP contribution in [0.2, 0.25) is 0 Å². The van der Waals surface area contributed by atoms with Gasteiger partial charge in [-0.05, 0) is 29.8 Å². The summed E-state index contributed by atoms with van der Waals surface area (Å²) in [6.07, 6.45) is 5.39. The number of hydrogen-bond donors (Lipinski definition) is 1. The Balaban J connectivity index is 1.46. The standard InChI is InChI=1S/C23H21N7/c1-29(2)22-11-19-21(12-24-22)25-15-26-23(19)27-18-8-9-20-17(10-18)14-30(28-20)13-16-6-4-3-5-7-16/h3-12,14-15H,13H2,1-2H3,(H,25,26,27). The van der Waals surface area contributed by atoms with Gasteiger partial charge in [-0.3, -0.25) is 4.68 Å². The van der Waals surface area contributed by atoms with Crippen molar-refractivity contribution in [2.24, 2.45) is 0 Å². The quantitative estimate of drug-likeness (QED) is 0.480. The van der Waals surface area contributed by atoms with Crippen LogP contribution in [0, 0.1) is 0 Å². The SMILES string of the molecule is CN(C)c1cc2c(Nc3ccc4nn(Cc5ccccc5)cc4c3)ncnc2cn1. The Morgan fingerprint density at radius 2 is 1.80 bits per heavy atom. The Kier molecular flexibility index (Phi) is 4.48. The normalized spacial score (nSPS) is 11.1. The lowest BCUT2D eigenvalue weighted by atomic mass is 10.2. The van der Waals surface area contributed by atoms with Gasteiger partial charge in [-0.1, -0.05) is 30.3 Å². The second kappa shape index (κ2) is 7.44. The highest BCUT2D eigenvalue weighted by atomic mass is 15.3. The minimum atomic E-state index is 0.745. The van der Waals surface area contributed by atoms with Crippen LogP contribution in [-0.4, -0.2) is 38.8 Å². The van der Waals surface area contributed by atoms with E-state index in [2.05, 4.69) is 49.8 Å². The van der Waals surface area contributed by atoms with E-state index in [9.17, 15) is 0 Å². The molecule has 2 aromatic carbocycles. The van der Waals surface area contributed by atoms with Crippen molar-refractivity contribution >= 4 is 39.1 Å². The molecule has 30 heavy (non-hydrogen) atoms. The monoisotopic (exact) mass is 395 g/mol. The van der Waals surface area contributed by atoms with Crippen LogP contribution < -0.4 is 10.2 Å². The molecular weight excluding hydrogens is 374 g/mol. The zero-order valence-electron chi connectivity index (χ0n) is 16.8. The van der Waals surface area contributed by atoms with Crippen LogP contribution in [0.4, 0.5) is 17.3 Å². The van der Waals surface area contributed by atoms with Crippen LogP contribution >= 0.6 is 0 Å². The molecule has 0 atom stereocenters. The lowest BCUT2D eigenvalue weighted by Gasteiger charge is -2.13. The van der Waals surface area contributed by atoms with Crippen molar-refractivity contribution in [2.45, 2.75) is 6.54 Å². The highest BCUT2D eigenvalue weighted by Crippen LogP contribution is 2.27. The highest BCUT2D eigenvalue weighted by molar-refractivity contribution is 5.92. The number of hydrogen-bond acceptors (Lipinski definition) is 6. The molecule has 0 fully saturated rings. The predicted molar refractivity (Wildman–Crippen MR) is 120 cm³/mol. The number of benzene rings is 2. The van der Waals surface area contributed by atoms with E-state index in [1.807, 2.05) is 60.1 Å². The van der Waals surface area contributed by atoms with E-state index >= 15 is 0 Å². The van der Waals surface area contributed by atoms with E-state index < -0.39 is 0 Å². The molecule has 7 nitrogen and oxygen atoms in total. The second-order valence-corrected chi connectivity index (χ2v) is 7.39. The number of anilines is 3. The number of nitrogens with zero attached hydrogens (tertiary/aromatic N) is 6. The average Bonchev–Trinajstić information content (AvgIpc) is 3.16. The van der Waals surface area contributed by atoms with Gasteiger partial charge in [0.1, 0.15) is 18.0 Å². The van der Waals surface area contributed by atoms with Crippen LogP contribution in [0.3, 0.4) is 0 Å². The molecule has 0 bridgehead atoms. The van der Waals surface area contributed by atoms with Crippen molar-refractivity contribution < 1.29 is 0 Å². The third-order valence-corrected chi connectivity index (χ3v) is 4.97. The van der Waals surface area contributed by atoms with Crippen LogP contribution in [0.25, 0.3) is 21.8 Å². The fourth-order valence-corrected chi connectivity index (χ4v) is 3.43. The maximum atomic E-state index is 4.69. The third-order valence-electron chi connectivity index (χ3n) is 4.97. The van der Waals surface area contributed by atoms with Gasteiger partial charge in [0, 0.05) is 36.8 Å². The fraction of sp³-hybridized carbons (Fsp3) is 0.130. The first-order valence-corrected chi connectivity index (χ1v) is 9.72. The Morgan fingerprint density at radius 3 is 2.63 bits per heavy atom. The molecule has 0 unspecified atom stereocenters. The summed E-state index contributed by atoms with van der Waals surface area (Å²) in [6, 6.07) is 18.5. The van der Waals surface area contributed by atoms with Crippen molar-refractivity contribution in [1.29, 1.82) is 0 Å². The lowest BCUT2D eigenvalue weighted by molar-refractivity contribution is 0.696. The van der Waals surface area contributed by atoms with Gasteiger partial charge >= 0.3 is 0 Å². The molecule has 0 radical (unpaired) electrons. The van der Waals surface area contributed by atoms with E-state index in [0.717, 1.165) is 45.7 Å². The molecule has 0 amide bonds. The van der Waals surface area contributed by atoms with E-state index in [1.54, 1.807) is 12.5 Å². The molecule has 0 aliphatic heterocycles. The highest BCUT2D eigenvalue weighted by Gasteiger charge is 2.09. The summed E-state index contributed by atoms with van der Waals surface area (Å²) >= 11 is 0. The summed E-state index contributed by atoms with van der Waals surface area (Å²) in [4.78, 5) is 15.2. The van der Waals surface area contributed by atoms with Crippen LogP contribution in [0.15, 0.2) is 73.3 Å². The maximum absolute atomic E-state index is 4.69. The molecule has 1 N–H and O–H groups in total. The van der Waals surface area contributed by atoms with Crippen molar-refractivity contribution in [3.05, 3.63) is 78.9 Å². The number of pyridine rings is 1. The van der Waals surface area contributed by atoms with Crippen molar-refractivity contribution in [3.8, 4) is 0 Å².